The Kier molecular flexibility index (Phi) is 7.48. The fourth-order valence-electron chi connectivity index (χ4n) is 3.04. The number of hydrogen-bond acceptors (Lipinski definition) is 5. The summed E-state index contributed by atoms with van der Waals surface area (Å²) in [5, 5.41) is 11.3. The van der Waals surface area contributed by atoms with E-state index >= 15 is 0 Å². The van der Waals surface area contributed by atoms with E-state index in [-0.39, 0.29) is 10.9 Å². The number of carbonyl (C=O) groups excluding carboxylic acids is 1. The number of ether oxygens (including phenoxy) is 1. The van der Waals surface area contributed by atoms with Crippen molar-refractivity contribution in [3.63, 3.8) is 0 Å². The van der Waals surface area contributed by atoms with Gasteiger partial charge in [0, 0.05) is 26.7 Å². The van der Waals surface area contributed by atoms with Gasteiger partial charge in [0.25, 0.3) is 0 Å². The van der Waals surface area contributed by atoms with Gasteiger partial charge in [-0.3, -0.25) is 4.99 Å². The van der Waals surface area contributed by atoms with Gasteiger partial charge in [0.1, 0.15) is 5.60 Å². The van der Waals surface area contributed by atoms with Gasteiger partial charge in [-0.1, -0.05) is 12.1 Å². The van der Waals surface area contributed by atoms with Gasteiger partial charge >= 0.3 is 6.09 Å². The molecule has 1 aromatic rings. The van der Waals surface area contributed by atoms with Crippen molar-refractivity contribution in [2.24, 2.45) is 10.1 Å². The molecule has 1 aliphatic heterocycles. The molecule has 1 unspecified atom stereocenters. The van der Waals surface area contributed by atoms with Crippen LogP contribution in [0.25, 0.3) is 0 Å². The van der Waals surface area contributed by atoms with Gasteiger partial charge in [0.15, 0.2) is 5.96 Å². The number of carbonyl (C=O) groups is 1. The Bertz CT molecular complexity index is 831. The van der Waals surface area contributed by atoms with Gasteiger partial charge in [-0.2, -0.15) is 0 Å². The second-order valence-corrected chi connectivity index (χ2v) is 9.55. The zero-order chi connectivity index (χ0) is 21.7. The Morgan fingerprint density at radius 2 is 1.97 bits per heavy atom. The highest BCUT2D eigenvalue weighted by Gasteiger charge is 2.27. The number of guanidine groups is 1. The normalized spacial score (nSPS) is 17.9. The average molecular weight is 426 g/mol. The summed E-state index contributed by atoms with van der Waals surface area (Å²) in [5.41, 5.74) is 0.471. The first-order chi connectivity index (χ1) is 13.5. The minimum absolute atomic E-state index is 0.00848. The molecule has 2 rings (SSSR count). The highest BCUT2D eigenvalue weighted by Crippen LogP contribution is 2.12. The lowest BCUT2D eigenvalue weighted by Crippen LogP contribution is -2.44. The Labute approximate surface area is 172 Å². The van der Waals surface area contributed by atoms with Gasteiger partial charge in [0.05, 0.1) is 10.9 Å². The zero-order valence-corrected chi connectivity index (χ0v) is 18.3. The predicted molar refractivity (Wildman–Crippen MR) is 112 cm³/mol. The van der Waals surface area contributed by atoms with E-state index in [1.807, 2.05) is 20.8 Å². The molecule has 0 saturated carbocycles. The summed E-state index contributed by atoms with van der Waals surface area (Å²) in [4.78, 5) is 18.4. The number of nitrogens with two attached hydrogens (primary N) is 1. The molecule has 1 aromatic carbocycles. The Balaban J connectivity index is 1.80. The number of likely N-dealkylation sites (tertiary alicyclic amines) is 1. The topological polar surface area (TPSA) is 126 Å². The third-order valence-electron chi connectivity index (χ3n) is 4.37. The van der Waals surface area contributed by atoms with Crippen LogP contribution in [0.5, 0.6) is 0 Å². The van der Waals surface area contributed by atoms with E-state index in [0.29, 0.717) is 19.5 Å². The molecule has 29 heavy (non-hydrogen) atoms. The van der Waals surface area contributed by atoms with Gasteiger partial charge < -0.3 is 20.3 Å². The number of hydrogen-bond donors (Lipinski definition) is 3. The van der Waals surface area contributed by atoms with Gasteiger partial charge in [-0.25, -0.2) is 18.4 Å². The summed E-state index contributed by atoms with van der Waals surface area (Å²) in [6.07, 6.45) is 1.11. The summed E-state index contributed by atoms with van der Waals surface area (Å²) < 4.78 is 27.9. The monoisotopic (exact) mass is 425 g/mol. The molecule has 0 bridgehead atoms. The predicted octanol–water partition coefficient (Wildman–Crippen LogP) is 1.05. The quantitative estimate of drug-likeness (QED) is 0.478. The van der Waals surface area contributed by atoms with Crippen molar-refractivity contribution in [2.45, 2.75) is 50.2 Å². The van der Waals surface area contributed by atoms with Crippen LogP contribution >= 0.6 is 0 Å². The third kappa shape index (κ3) is 7.54. The van der Waals surface area contributed by atoms with Crippen LogP contribution in [-0.4, -0.2) is 63.7 Å². The molecule has 1 saturated heterocycles. The highest BCUT2D eigenvalue weighted by molar-refractivity contribution is 7.89. The van der Waals surface area contributed by atoms with E-state index in [4.69, 9.17) is 9.88 Å². The van der Waals surface area contributed by atoms with Crippen LogP contribution in [0, 0.1) is 0 Å². The minimum Gasteiger partial charge on any atom is -0.444 e. The summed E-state index contributed by atoms with van der Waals surface area (Å²) in [6, 6.07) is 6.52. The number of primary sulfonamides is 1. The van der Waals surface area contributed by atoms with E-state index in [9.17, 15) is 13.2 Å². The first-order valence-electron chi connectivity index (χ1n) is 9.55. The molecular weight excluding hydrogens is 394 g/mol. The van der Waals surface area contributed by atoms with E-state index in [1.165, 1.54) is 12.1 Å². The second-order valence-electron chi connectivity index (χ2n) is 7.99. The number of nitrogens with zero attached hydrogens (tertiary/aromatic N) is 2. The van der Waals surface area contributed by atoms with Crippen LogP contribution in [0.4, 0.5) is 4.79 Å². The van der Waals surface area contributed by atoms with Crippen LogP contribution in [0.3, 0.4) is 0 Å². The maximum atomic E-state index is 11.9. The molecule has 0 aliphatic carbocycles. The van der Waals surface area contributed by atoms with E-state index in [0.717, 1.165) is 24.5 Å². The molecule has 9 nitrogen and oxygen atoms in total. The largest absolute Gasteiger partial charge is 0.444 e. The third-order valence-corrected chi connectivity index (χ3v) is 5.30. The van der Waals surface area contributed by atoms with Crippen molar-refractivity contribution in [2.75, 3.05) is 26.7 Å². The van der Waals surface area contributed by atoms with Gasteiger partial charge in [-0.05, 0) is 51.3 Å². The molecule has 0 radical (unpaired) electrons. The van der Waals surface area contributed by atoms with E-state index in [1.54, 1.807) is 19.2 Å². The number of amides is 1. The van der Waals surface area contributed by atoms with Crippen LogP contribution < -0.4 is 15.8 Å². The average Bonchev–Trinajstić information content (AvgIpc) is 3.04. The van der Waals surface area contributed by atoms with Crippen molar-refractivity contribution < 1.29 is 17.9 Å². The van der Waals surface area contributed by atoms with Crippen molar-refractivity contribution in [1.29, 1.82) is 0 Å². The number of aliphatic imine (C=N–C) groups is 1. The SMILES string of the molecule is CN=C(NCCc1ccc(S(N)(=O)=O)cc1)N1CCC(NC(=O)OC(C)(C)C)C1. The molecule has 10 heteroatoms. The standard InChI is InChI=1S/C19H31N5O4S/c1-19(2,3)28-18(25)23-15-10-12-24(13-15)17(21-4)22-11-9-14-5-7-16(8-6-14)29(20,26)27/h5-8,15H,9-13H2,1-4H3,(H,21,22)(H,23,25)(H2,20,26,27). The molecule has 0 spiro atoms. The lowest BCUT2D eigenvalue weighted by molar-refractivity contribution is 0.0507. The number of rotatable bonds is 5. The summed E-state index contributed by atoms with van der Waals surface area (Å²) in [7, 11) is -1.95. The smallest absolute Gasteiger partial charge is 0.407 e. The second kappa shape index (κ2) is 9.45. The van der Waals surface area contributed by atoms with Crippen molar-refractivity contribution >= 4 is 22.1 Å². The summed E-state index contributed by atoms with van der Waals surface area (Å²) in [6.45, 7) is 7.58. The molecule has 162 valence electrons. The molecular formula is C19H31N5O4S. The van der Waals surface area contributed by atoms with Gasteiger partial charge in [-0.15, -0.1) is 0 Å². The Morgan fingerprint density at radius 1 is 1.31 bits per heavy atom. The van der Waals surface area contributed by atoms with Crippen LogP contribution in [0.1, 0.15) is 32.8 Å². The van der Waals surface area contributed by atoms with Crippen LogP contribution in [-0.2, 0) is 21.2 Å². The fraction of sp³-hybridized carbons (Fsp3) is 0.579. The molecule has 1 amide bonds. The maximum absolute atomic E-state index is 11.9. The molecule has 1 fully saturated rings. The zero-order valence-electron chi connectivity index (χ0n) is 17.4. The minimum atomic E-state index is -3.67. The molecule has 1 atom stereocenters. The first-order valence-corrected chi connectivity index (χ1v) is 11.1. The van der Waals surface area contributed by atoms with Crippen LogP contribution in [0.15, 0.2) is 34.2 Å². The number of alkyl carbamates (subject to hydrolysis) is 1. The fourth-order valence-corrected chi connectivity index (χ4v) is 3.56. The molecule has 4 N–H and O–H groups in total. The van der Waals surface area contributed by atoms with E-state index < -0.39 is 21.7 Å². The summed E-state index contributed by atoms with van der Waals surface area (Å²) >= 11 is 0. The van der Waals surface area contributed by atoms with Crippen molar-refractivity contribution in [3.05, 3.63) is 29.8 Å². The van der Waals surface area contributed by atoms with E-state index in [2.05, 4.69) is 20.5 Å². The van der Waals surface area contributed by atoms with Crippen molar-refractivity contribution in [3.8, 4) is 0 Å². The number of nitrogens with one attached hydrogen (secondary N) is 2. The number of sulfonamides is 1. The molecule has 0 aromatic heterocycles. The molecule has 1 aliphatic rings. The first kappa shape index (κ1) is 23.0. The van der Waals surface area contributed by atoms with Gasteiger partial charge in [0.2, 0.25) is 10.0 Å². The maximum Gasteiger partial charge on any atom is 0.407 e. The van der Waals surface area contributed by atoms with Crippen molar-refractivity contribution in [1.82, 2.24) is 15.5 Å². The number of benzene rings is 1. The van der Waals surface area contributed by atoms with Crippen LogP contribution in [0.2, 0.25) is 0 Å². The Hall–Kier alpha value is -2.33. The molecule has 1 heterocycles. The summed E-state index contributed by atoms with van der Waals surface area (Å²) in [5.74, 6) is 0.764. The lowest BCUT2D eigenvalue weighted by Gasteiger charge is -2.23. The Morgan fingerprint density at radius 3 is 2.52 bits per heavy atom. The lowest BCUT2D eigenvalue weighted by atomic mass is 10.1. The highest BCUT2D eigenvalue weighted by atomic mass is 32.2.